The number of benzene rings is 6. The maximum atomic E-state index is 14.7. The van der Waals surface area contributed by atoms with Gasteiger partial charge >= 0.3 is 18.0 Å². The number of amides is 3. The predicted octanol–water partition coefficient (Wildman–Crippen LogP) is 12.6. The van der Waals surface area contributed by atoms with E-state index in [1.165, 1.54) is 14.7 Å². The number of aromatic hydroxyl groups is 1. The van der Waals surface area contributed by atoms with Crippen LogP contribution in [-0.2, 0) is 53.3 Å². The SMILES string of the molecule is C=C(F)C(=O)N1CCN(c2nc(OC[C@@H]3CC(c4ccc(N5CCc6c(nc(OC[C@H]7CC(c8cc(N9CCc%10c(nc(OC[C@H]%11C[C@@H](F)CN%11C)nc%10N%10CCN(C(=O)C(=C)F)[C@@H](CC#N)C%10)C9)c9c(Cl)cccc9c8)CN7C)nc6N6CCN(C(=O)C(=C)F)[C@@H](CC#N)C6)C5)c5c(Cl)cccc45)CN3C)nc3c2CCN(c2cc(O)cc4ccccc24)C3)C[C@@H]1CC#N. The number of phenolic OH excluding ortho intramolecular Hbond substituents is 1. The first-order valence-corrected chi connectivity index (χ1v) is 45.1. The number of hydrogen-bond acceptors (Lipinski definition) is 25. The number of phenols is 1. The minimum Gasteiger partial charge on any atom is -0.508 e. The van der Waals surface area contributed by atoms with E-state index < -0.39 is 59.5 Å². The van der Waals surface area contributed by atoms with E-state index in [0.717, 1.165) is 95.0 Å². The van der Waals surface area contributed by atoms with Gasteiger partial charge in [0.2, 0.25) is 0 Å². The first kappa shape index (κ1) is 88.3. The summed E-state index contributed by atoms with van der Waals surface area (Å²) in [6, 6.07) is 36.9. The van der Waals surface area contributed by atoms with Gasteiger partial charge in [-0.15, -0.1) is 0 Å². The molecule has 2 unspecified atom stereocenters. The molecule has 9 aliphatic heterocycles. The van der Waals surface area contributed by atoms with Crippen molar-refractivity contribution in [1.82, 2.24) is 59.3 Å². The third-order valence-electron chi connectivity index (χ3n) is 27.8. The maximum absolute atomic E-state index is 14.7. The van der Waals surface area contributed by atoms with Crippen LogP contribution in [0.25, 0.3) is 32.3 Å². The van der Waals surface area contributed by atoms with Gasteiger partial charge in [-0.2, -0.15) is 45.7 Å². The number of likely N-dealkylation sites (N-methyl/N-ethyl adjacent to an activating group) is 3. The quantitative estimate of drug-likeness (QED) is 0.0460. The molecule has 1 N–H and O–H groups in total. The highest BCUT2D eigenvalue weighted by Gasteiger charge is 2.43. The molecular weight excluding hydrogens is 1710 g/mol. The highest BCUT2D eigenvalue weighted by molar-refractivity contribution is 6.37. The molecule has 130 heavy (non-hydrogen) atoms. The Morgan fingerprint density at radius 1 is 0.446 bits per heavy atom. The Labute approximate surface area is 761 Å². The number of rotatable bonds is 23. The molecule has 6 saturated heterocycles. The first-order valence-electron chi connectivity index (χ1n) is 44.4. The van der Waals surface area contributed by atoms with Gasteiger partial charge in [0.15, 0.2) is 17.5 Å². The summed E-state index contributed by atoms with van der Waals surface area (Å²) in [4.78, 5) is 93.9. The summed E-state index contributed by atoms with van der Waals surface area (Å²) in [5, 5.41) is 47.8. The molecule has 9 aliphatic rings. The number of alkyl halides is 1. The third-order valence-corrected chi connectivity index (χ3v) is 28.4. The molecule has 12 heterocycles. The average Bonchev–Trinajstić information content (AvgIpc) is 1.12. The number of aromatic nitrogens is 6. The number of piperazine rings is 3. The molecule has 3 amide bonds. The smallest absolute Gasteiger partial charge is 0.318 e. The van der Waals surface area contributed by atoms with Gasteiger partial charge in [-0.1, -0.05) is 104 Å². The van der Waals surface area contributed by atoms with Crippen LogP contribution in [0.5, 0.6) is 23.8 Å². The first-order chi connectivity index (χ1) is 62.8. The van der Waals surface area contributed by atoms with Crippen molar-refractivity contribution in [2.24, 2.45) is 0 Å². The van der Waals surface area contributed by atoms with E-state index in [-0.39, 0.29) is 145 Å². The van der Waals surface area contributed by atoms with E-state index in [9.17, 15) is 52.8 Å². The Morgan fingerprint density at radius 3 is 1.35 bits per heavy atom. The van der Waals surface area contributed by atoms with Crippen LogP contribution in [0.15, 0.2) is 134 Å². The topological polar surface area (TPSA) is 287 Å². The molecule has 0 saturated carbocycles. The Bertz CT molecular complexity index is 6140. The van der Waals surface area contributed by atoms with Gasteiger partial charge in [-0.05, 0) is 129 Å². The monoisotopic (exact) mass is 1810 g/mol. The summed E-state index contributed by atoms with van der Waals surface area (Å²) in [5.74, 6) is -3.77. The van der Waals surface area contributed by atoms with Crippen molar-refractivity contribution in [1.29, 1.82) is 15.8 Å². The molecule has 0 bridgehead atoms. The largest absolute Gasteiger partial charge is 0.508 e. The maximum Gasteiger partial charge on any atom is 0.318 e. The van der Waals surface area contributed by atoms with Crippen molar-refractivity contribution >= 4 is 108 Å². The van der Waals surface area contributed by atoms with Crippen LogP contribution in [0.4, 0.5) is 52.1 Å². The van der Waals surface area contributed by atoms with E-state index in [1.807, 2.05) is 70.3 Å². The fraction of sp³-hybridized carbons (Fsp3) is 0.438. The van der Waals surface area contributed by atoms with E-state index in [2.05, 4.69) is 118 Å². The van der Waals surface area contributed by atoms with Crippen LogP contribution in [0.3, 0.4) is 0 Å². The van der Waals surface area contributed by atoms with Crippen molar-refractivity contribution < 1.29 is 51.3 Å². The highest BCUT2D eigenvalue weighted by Crippen LogP contribution is 2.47. The molecule has 0 spiro atoms. The molecule has 9 aromatic rings. The minimum absolute atomic E-state index is 0.0260. The van der Waals surface area contributed by atoms with Crippen LogP contribution in [-0.4, -0.2) is 264 Å². The molecule has 6 aromatic carbocycles. The summed E-state index contributed by atoms with van der Waals surface area (Å²) >= 11 is 14.7. The van der Waals surface area contributed by atoms with Crippen LogP contribution in [0.1, 0.15) is 95.3 Å². The van der Waals surface area contributed by atoms with Crippen molar-refractivity contribution in [3.8, 4) is 42.0 Å². The molecule has 3 aromatic heterocycles. The summed E-state index contributed by atoms with van der Waals surface area (Å²) in [7, 11) is 6.04. The van der Waals surface area contributed by atoms with Crippen molar-refractivity contribution in [3.63, 3.8) is 0 Å². The van der Waals surface area contributed by atoms with Gasteiger partial charge < -0.3 is 63.4 Å². The zero-order valence-corrected chi connectivity index (χ0v) is 74.3. The van der Waals surface area contributed by atoms with Gasteiger partial charge in [0.1, 0.15) is 49.2 Å². The lowest BCUT2D eigenvalue weighted by atomic mass is 9.90. The normalized spacial score (nSPS) is 22.6. The second-order valence-corrected chi connectivity index (χ2v) is 36.5. The van der Waals surface area contributed by atoms with Gasteiger partial charge in [-0.25, -0.2) is 17.6 Å². The number of halogens is 6. The zero-order chi connectivity index (χ0) is 90.6. The molecule has 28 nitrogen and oxygen atoms in total. The molecule has 18 rings (SSSR count). The van der Waals surface area contributed by atoms with Crippen molar-refractivity contribution in [2.45, 2.75) is 132 Å². The zero-order valence-electron chi connectivity index (χ0n) is 72.8. The second kappa shape index (κ2) is 37.2. The number of fused-ring (bicyclic) bond motifs is 6. The number of likely N-dealkylation sites (tertiary alicyclic amines) is 3. The van der Waals surface area contributed by atoms with Crippen LogP contribution in [0, 0.1) is 34.0 Å². The Hall–Kier alpha value is -12.4. The van der Waals surface area contributed by atoms with Crippen LogP contribution >= 0.6 is 23.2 Å². The number of nitrogens with zero attached hydrogens (tertiary/aromatic N) is 21. The number of hydrogen-bond donors (Lipinski definition) is 1. The molecule has 6 fully saturated rings. The van der Waals surface area contributed by atoms with E-state index >= 15 is 0 Å². The number of nitriles is 3. The second-order valence-electron chi connectivity index (χ2n) is 35.7. The number of carbonyl (C=O) groups excluding carboxylic acids is 3. The van der Waals surface area contributed by atoms with E-state index in [0.29, 0.717) is 131 Å². The van der Waals surface area contributed by atoms with E-state index in [1.54, 1.807) is 12.1 Å². The molecule has 0 aliphatic carbocycles. The summed E-state index contributed by atoms with van der Waals surface area (Å²) < 4.78 is 78.3. The van der Waals surface area contributed by atoms with Gasteiger partial charge in [0, 0.05) is 172 Å². The number of ether oxygens (including phenoxy) is 3. The molecular formula is C96H101Cl2F4N21O7. The van der Waals surface area contributed by atoms with Gasteiger partial charge in [0.05, 0.1) is 102 Å². The van der Waals surface area contributed by atoms with Gasteiger partial charge in [-0.3, -0.25) is 29.1 Å². The Balaban J connectivity index is 0.600. The number of anilines is 6. The lowest BCUT2D eigenvalue weighted by Crippen LogP contribution is -2.55. The molecule has 0 radical (unpaired) electrons. The Kier molecular flexibility index (Phi) is 25.3. The molecule has 9 atom stereocenters. The van der Waals surface area contributed by atoms with Crippen LogP contribution < -0.4 is 43.6 Å². The molecule has 674 valence electrons. The lowest BCUT2D eigenvalue weighted by molar-refractivity contribution is -0.132. The fourth-order valence-corrected chi connectivity index (χ4v) is 21.7. The van der Waals surface area contributed by atoms with Crippen molar-refractivity contribution in [2.75, 3.05) is 169 Å². The van der Waals surface area contributed by atoms with Gasteiger partial charge in [0.25, 0.3) is 17.7 Å². The highest BCUT2D eigenvalue weighted by atomic mass is 35.5. The summed E-state index contributed by atoms with van der Waals surface area (Å²) in [6.07, 6.45) is 2.17. The minimum atomic E-state index is -1.10. The van der Waals surface area contributed by atoms with Crippen molar-refractivity contribution in [3.05, 3.63) is 189 Å². The average molecular weight is 1810 g/mol. The van der Waals surface area contributed by atoms with Crippen LogP contribution in [0.2, 0.25) is 10.0 Å². The lowest BCUT2D eigenvalue weighted by Gasteiger charge is -2.42. The Morgan fingerprint density at radius 2 is 0.869 bits per heavy atom. The fourth-order valence-electron chi connectivity index (χ4n) is 21.1. The number of carbonyl (C=O) groups is 3. The summed E-state index contributed by atoms with van der Waals surface area (Å²) in [5.41, 5.74) is 9.77. The third kappa shape index (κ3) is 17.6. The van der Waals surface area contributed by atoms with E-state index in [4.69, 9.17) is 67.3 Å². The standard InChI is InChI=1S/C96H101Cl2F4N21O7/c1-56(99)91(125)121-34-31-118(47-65(121)19-25-103)88-75-22-28-115(83-18-17-72(74-14-10-16-79(98)87(74)83)63-39-69(113(5)45-63)54-129-95-107-81-51-116(84-43-71(124)40-59-11-7-8-13-73(59)84)29-23-76(81)89(110-95)119-32-35-122(92(126)57(2)100)66(48-119)20-26-104)50-80(75)106-94(109-88)128-53-68-38-62(44-112(68)4)61-37-60-12-9-15-78(97)86(60)85(41-61)117-30-24-77-82(52-117)108-96(130-55-70-42-64(102)46-114(70)6)111-90(77)120-33-36-123(93(127)58(3)101)67(49-120)21-27-105/h7-18,37,40-41,43,62-70,124H,1-3,19-24,28-36,38-39,42,44-55H2,4-6H3/t62?,63?,64-,65+,66+,67+,68-,69+,70-/m1/s1. The molecule has 34 heteroatoms. The summed E-state index contributed by atoms with van der Waals surface area (Å²) in [6.45, 7) is 16.7. The predicted molar refractivity (Wildman–Crippen MR) is 488 cm³/mol.